The van der Waals surface area contributed by atoms with E-state index >= 15 is 0 Å². The highest BCUT2D eigenvalue weighted by atomic mass is 32.1. The molecular formula is C43H26N2OS. The third-order valence-corrected chi connectivity index (χ3v) is 10.5. The maximum atomic E-state index is 6.56. The molecule has 6 aromatic carbocycles. The first-order chi connectivity index (χ1) is 23.3. The first kappa shape index (κ1) is 26.4. The minimum Gasteiger partial charge on any atom is -0.457 e. The third-order valence-electron chi connectivity index (χ3n) is 9.64. The van der Waals surface area contributed by atoms with Gasteiger partial charge in [-0.15, -0.1) is 11.3 Å². The molecule has 4 heteroatoms. The Balaban J connectivity index is 1.26. The lowest BCUT2D eigenvalue weighted by Gasteiger charge is -2.39. The smallest absolute Gasteiger partial charge is 0.160 e. The molecule has 2 aliphatic rings. The number of nitrogens with zero attached hydrogens (tertiary/aromatic N) is 2. The van der Waals surface area contributed by atoms with Crippen LogP contribution < -0.4 is 4.74 Å². The van der Waals surface area contributed by atoms with Gasteiger partial charge >= 0.3 is 0 Å². The normalized spacial score (nSPS) is 13.4. The van der Waals surface area contributed by atoms with Crippen LogP contribution >= 0.6 is 11.3 Å². The summed E-state index contributed by atoms with van der Waals surface area (Å²) in [7, 11) is 0. The van der Waals surface area contributed by atoms with Crippen LogP contribution in [-0.4, -0.2) is 9.97 Å². The fraction of sp³-hybridized carbons (Fsp3) is 0.0233. The van der Waals surface area contributed by atoms with Gasteiger partial charge in [0, 0.05) is 32.5 Å². The molecule has 0 saturated carbocycles. The number of thiophene rings is 1. The number of fused-ring (bicyclic) bond motifs is 10. The topological polar surface area (TPSA) is 35.0 Å². The molecule has 10 rings (SSSR count). The fourth-order valence-electron chi connectivity index (χ4n) is 7.58. The molecule has 3 heterocycles. The fourth-order valence-corrected chi connectivity index (χ4v) is 8.39. The number of benzene rings is 6. The summed E-state index contributed by atoms with van der Waals surface area (Å²) in [5, 5.41) is 3.45. The second-order valence-electron chi connectivity index (χ2n) is 12.2. The number of hydrogen-bond acceptors (Lipinski definition) is 4. The van der Waals surface area contributed by atoms with Crippen molar-refractivity contribution in [2.75, 3.05) is 0 Å². The van der Waals surface area contributed by atoms with Crippen LogP contribution in [0.4, 0.5) is 0 Å². The molecule has 220 valence electrons. The summed E-state index contributed by atoms with van der Waals surface area (Å²) < 4.78 is 7.84. The Hall–Kier alpha value is -5.84. The van der Waals surface area contributed by atoms with Crippen LogP contribution in [0.1, 0.15) is 22.3 Å². The van der Waals surface area contributed by atoms with E-state index in [1.807, 2.05) is 24.3 Å². The average Bonchev–Trinajstić information content (AvgIpc) is 3.72. The van der Waals surface area contributed by atoms with Gasteiger partial charge in [0.25, 0.3) is 0 Å². The summed E-state index contributed by atoms with van der Waals surface area (Å²) in [6.45, 7) is 0. The standard InChI is InChI=1S/C43H26N2OS/c1-3-11-27(12-4-1)37-26-38(45-42(44-37)28-13-5-2-6-14-28)29-19-20-33-31(23-29)32-24-30-21-22-47-41(30)25-36(32)43(33)34-15-7-9-17-39(34)46-40-18-10-8-16-35(40)43/h1-26H. The van der Waals surface area contributed by atoms with E-state index in [2.05, 4.69) is 133 Å². The number of hydrogen-bond donors (Lipinski definition) is 0. The van der Waals surface area contributed by atoms with Crippen LogP contribution in [0.2, 0.25) is 0 Å². The van der Waals surface area contributed by atoms with Gasteiger partial charge in [0.1, 0.15) is 11.5 Å². The van der Waals surface area contributed by atoms with Crippen molar-refractivity contribution in [3.8, 4) is 56.5 Å². The minimum atomic E-state index is -0.511. The van der Waals surface area contributed by atoms with Gasteiger partial charge in [0.2, 0.25) is 0 Å². The first-order valence-corrected chi connectivity index (χ1v) is 16.7. The van der Waals surface area contributed by atoms with E-state index in [1.54, 1.807) is 11.3 Å². The van der Waals surface area contributed by atoms with Gasteiger partial charge in [-0.2, -0.15) is 0 Å². The SMILES string of the molecule is c1ccc(-c2cc(-c3ccc4c(c3)-c3cc5ccsc5cc3C43c4ccccc4Oc4ccccc43)nc(-c3ccccc3)n2)cc1. The number of ether oxygens (including phenoxy) is 1. The minimum absolute atomic E-state index is 0.511. The Morgan fingerprint density at radius 2 is 1.09 bits per heavy atom. The van der Waals surface area contributed by atoms with Crippen LogP contribution in [0, 0.1) is 0 Å². The molecule has 0 atom stereocenters. The van der Waals surface area contributed by atoms with Crippen LogP contribution in [0.25, 0.3) is 55.1 Å². The number of rotatable bonds is 3. The molecule has 8 aromatic rings. The van der Waals surface area contributed by atoms with Crippen molar-refractivity contribution in [1.29, 1.82) is 0 Å². The van der Waals surface area contributed by atoms with Crippen molar-refractivity contribution >= 4 is 21.4 Å². The second-order valence-corrected chi connectivity index (χ2v) is 13.1. The summed E-state index contributed by atoms with van der Waals surface area (Å²) in [6, 6.07) is 53.7. The van der Waals surface area contributed by atoms with Crippen LogP contribution in [0.15, 0.2) is 157 Å². The molecule has 1 aliphatic carbocycles. The van der Waals surface area contributed by atoms with Gasteiger partial charge in [0.15, 0.2) is 5.82 Å². The van der Waals surface area contributed by atoms with Crippen molar-refractivity contribution in [3.05, 3.63) is 179 Å². The van der Waals surface area contributed by atoms with Crippen molar-refractivity contribution in [2.45, 2.75) is 5.41 Å². The molecule has 0 saturated heterocycles. The number of aromatic nitrogens is 2. The Kier molecular flexibility index (Phi) is 5.66. The van der Waals surface area contributed by atoms with E-state index in [9.17, 15) is 0 Å². The highest BCUT2D eigenvalue weighted by molar-refractivity contribution is 7.17. The third kappa shape index (κ3) is 3.86. The van der Waals surface area contributed by atoms with Crippen molar-refractivity contribution < 1.29 is 4.74 Å². The predicted molar refractivity (Wildman–Crippen MR) is 191 cm³/mol. The maximum Gasteiger partial charge on any atom is 0.160 e. The van der Waals surface area contributed by atoms with Crippen molar-refractivity contribution in [1.82, 2.24) is 9.97 Å². The zero-order valence-electron chi connectivity index (χ0n) is 25.2. The molecule has 0 bridgehead atoms. The van der Waals surface area contributed by atoms with E-state index in [4.69, 9.17) is 14.7 Å². The van der Waals surface area contributed by atoms with Gasteiger partial charge in [-0.3, -0.25) is 0 Å². The van der Waals surface area contributed by atoms with Gasteiger partial charge in [-0.1, -0.05) is 109 Å². The predicted octanol–water partition coefficient (Wildman–Crippen LogP) is 11.2. The molecular weight excluding hydrogens is 593 g/mol. The average molecular weight is 619 g/mol. The Morgan fingerprint density at radius 1 is 0.468 bits per heavy atom. The van der Waals surface area contributed by atoms with Gasteiger partial charge in [0.05, 0.1) is 16.8 Å². The summed E-state index contributed by atoms with van der Waals surface area (Å²) in [4.78, 5) is 10.2. The summed E-state index contributed by atoms with van der Waals surface area (Å²) >= 11 is 1.79. The quantitative estimate of drug-likeness (QED) is 0.198. The van der Waals surface area contributed by atoms with Crippen LogP contribution in [0.3, 0.4) is 0 Å². The summed E-state index contributed by atoms with van der Waals surface area (Å²) in [6.07, 6.45) is 0. The van der Waals surface area contributed by atoms with E-state index in [1.165, 1.54) is 43.5 Å². The van der Waals surface area contributed by atoms with Gasteiger partial charge in [-0.05, 0) is 75.5 Å². The van der Waals surface area contributed by atoms with E-state index in [-0.39, 0.29) is 0 Å². The highest BCUT2D eigenvalue weighted by Crippen LogP contribution is 2.63. The molecule has 0 N–H and O–H groups in total. The molecule has 0 fully saturated rings. The molecule has 1 spiro atoms. The molecule has 47 heavy (non-hydrogen) atoms. The molecule has 3 nitrogen and oxygen atoms in total. The second kappa shape index (κ2) is 10.1. The molecule has 0 amide bonds. The lowest BCUT2D eigenvalue weighted by Crippen LogP contribution is -2.32. The van der Waals surface area contributed by atoms with Crippen LogP contribution in [-0.2, 0) is 5.41 Å². The Bertz CT molecular complexity index is 2400. The van der Waals surface area contributed by atoms with Gasteiger partial charge in [-0.25, -0.2) is 9.97 Å². The van der Waals surface area contributed by atoms with E-state index in [0.29, 0.717) is 5.82 Å². The maximum absolute atomic E-state index is 6.56. The summed E-state index contributed by atoms with van der Waals surface area (Å²) in [5.74, 6) is 2.51. The van der Waals surface area contributed by atoms with E-state index in [0.717, 1.165) is 39.6 Å². The monoisotopic (exact) mass is 618 g/mol. The first-order valence-electron chi connectivity index (χ1n) is 15.8. The Labute approximate surface area is 276 Å². The van der Waals surface area contributed by atoms with Gasteiger partial charge < -0.3 is 4.74 Å². The van der Waals surface area contributed by atoms with Crippen molar-refractivity contribution in [2.24, 2.45) is 0 Å². The molecule has 2 aromatic heterocycles. The van der Waals surface area contributed by atoms with E-state index < -0.39 is 5.41 Å². The Morgan fingerprint density at radius 3 is 1.81 bits per heavy atom. The largest absolute Gasteiger partial charge is 0.457 e. The molecule has 0 unspecified atom stereocenters. The van der Waals surface area contributed by atoms with Crippen molar-refractivity contribution in [3.63, 3.8) is 0 Å². The summed E-state index contributed by atoms with van der Waals surface area (Å²) in [5.41, 5.74) is 11.8. The van der Waals surface area contributed by atoms with Crippen LogP contribution in [0.5, 0.6) is 11.5 Å². The zero-order valence-corrected chi connectivity index (χ0v) is 26.0. The molecule has 1 aliphatic heterocycles. The zero-order chi connectivity index (χ0) is 31.0. The molecule has 0 radical (unpaired) electrons. The lowest BCUT2D eigenvalue weighted by molar-refractivity contribution is 0.436. The lowest BCUT2D eigenvalue weighted by atomic mass is 9.66. The highest BCUT2D eigenvalue weighted by Gasteiger charge is 2.51. The number of para-hydroxylation sites is 2.